The van der Waals surface area contributed by atoms with Gasteiger partial charge in [0.05, 0.1) is 18.6 Å². The fraction of sp³-hybridized carbons (Fsp3) is 0.727. The van der Waals surface area contributed by atoms with Crippen LogP contribution < -0.4 is 5.32 Å². The predicted octanol–water partition coefficient (Wildman–Crippen LogP) is 1.03. The van der Waals surface area contributed by atoms with Crippen LogP contribution in [0.4, 0.5) is 0 Å². The first-order valence-corrected chi connectivity index (χ1v) is 5.61. The Bertz CT molecular complexity index is 292. The monoisotopic (exact) mass is 209 g/mol. The fourth-order valence-electron chi connectivity index (χ4n) is 2.07. The van der Waals surface area contributed by atoms with Gasteiger partial charge in [-0.25, -0.2) is 4.98 Å². The molecule has 2 rings (SSSR count). The minimum absolute atomic E-state index is 0.656. The molecule has 0 bridgehead atoms. The van der Waals surface area contributed by atoms with Gasteiger partial charge in [-0.2, -0.15) is 0 Å². The lowest BCUT2D eigenvalue weighted by molar-refractivity contribution is 0.0480. The summed E-state index contributed by atoms with van der Waals surface area (Å²) in [6.45, 7) is 3.76. The lowest BCUT2D eigenvalue weighted by atomic mass is 10.0. The molecule has 0 spiro atoms. The standard InChI is InChI=1S/C11H19N3O/c1-12-5-11-6-13-9-14(11)7-10-3-2-4-15-8-10/h6,9-10,12H,2-5,7-8H2,1H3. The highest BCUT2D eigenvalue weighted by Crippen LogP contribution is 2.16. The van der Waals surface area contributed by atoms with Gasteiger partial charge in [-0.15, -0.1) is 0 Å². The Balaban J connectivity index is 1.93. The van der Waals surface area contributed by atoms with E-state index in [2.05, 4.69) is 14.9 Å². The van der Waals surface area contributed by atoms with Crippen LogP contribution in [0, 0.1) is 5.92 Å². The molecule has 1 fully saturated rings. The maximum Gasteiger partial charge on any atom is 0.0948 e. The van der Waals surface area contributed by atoms with Crippen LogP contribution in [0.5, 0.6) is 0 Å². The van der Waals surface area contributed by atoms with Crippen LogP contribution in [0.3, 0.4) is 0 Å². The molecule has 0 aliphatic carbocycles. The van der Waals surface area contributed by atoms with E-state index in [0.29, 0.717) is 5.92 Å². The van der Waals surface area contributed by atoms with Crippen LogP contribution in [-0.2, 0) is 17.8 Å². The average molecular weight is 209 g/mol. The van der Waals surface area contributed by atoms with Crippen LogP contribution in [0.15, 0.2) is 12.5 Å². The molecule has 1 atom stereocenters. The van der Waals surface area contributed by atoms with Gasteiger partial charge in [0, 0.05) is 31.8 Å². The number of hydrogen-bond acceptors (Lipinski definition) is 3. The maximum absolute atomic E-state index is 5.48. The first-order valence-electron chi connectivity index (χ1n) is 5.61. The summed E-state index contributed by atoms with van der Waals surface area (Å²) in [6, 6.07) is 0. The zero-order valence-electron chi connectivity index (χ0n) is 9.28. The number of aromatic nitrogens is 2. The Hall–Kier alpha value is -0.870. The Labute approximate surface area is 90.6 Å². The molecule has 15 heavy (non-hydrogen) atoms. The van der Waals surface area contributed by atoms with Gasteiger partial charge in [-0.1, -0.05) is 0 Å². The van der Waals surface area contributed by atoms with E-state index >= 15 is 0 Å². The number of rotatable bonds is 4. The molecule has 0 amide bonds. The second-order valence-electron chi connectivity index (χ2n) is 4.15. The number of nitrogens with zero attached hydrogens (tertiary/aromatic N) is 2. The largest absolute Gasteiger partial charge is 0.381 e. The zero-order valence-corrected chi connectivity index (χ0v) is 9.28. The molecular weight excluding hydrogens is 190 g/mol. The second kappa shape index (κ2) is 5.28. The van der Waals surface area contributed by atoms with E-state index in [0.717, 1.165) is 26.3 Å². The van der Waals surface area contributed by atoms with Crippen molar-refractivity contribution in [1.29, 1.82) is 0 Å². The van der Waals surface area contributed by atoms with E-state index in [1.807, 2.05) is 19.6 Å². The smallest absolute Gasteiger partial charge is 0.0948 e. The van der Waals surface area contributed by atoms with Crippen molar-refractivity contribution in [2.75, 3.05) is 20.3 Å². The molecule has 1 unspecified atom stereocenters. The molecule has 0 saturated carbocycles. The topological polar surface area (TPSA) is 39.1 Å². The van der Waals surface area contributed by atoms with Gasteiger partial charge in [0.25, 0.3) is 0 Å². The highest BCUT2D eigenvalue weighted by atomic mass is 16.5. The van der Waals surface area contributed by atoms with Gasteiger partial charge in [-0.05, 0) is 19.9 Å². The van der Waals surface area contributed by atoms with Crippen LogP contribution in [0.2, 0.25) is 0 Å². The van der Waals surface area contributed by atoms with E-state index in [4.69, 9.17) is 4.74 Å². The Morgan fingerprint density at radius 1 is 1.67 bits per heavy atom. The summed E-state index contributed by atoms with van der Waals surface area (Å²) in [6.07, 6.45) is 6.32. The fourth-order valence-corrected chi connectivity index (χ4v) is 2.07. The van der Waals surface area contributed by atoms with Crippen LogP contribution in [0.1, 0.15) is 18.5 Å². The van der Waals surface area contributed by atoms with Crippen molar-refractivity contribution < 1.29 is 4.74 Å². The van der Waals surface area contributed by atoms with E-state index in [1.165, 1.54) is 18.5 Å². The van der Waals surface area contributed by atoms with Gasteiger partial charge >= 0.3 is 0 Å². The summed E-state index contributed by atoms with van der Waals surface area (Å²) in [7, 11) is 1.96. The molecule has 1 aliphatic rings. The summed E-state index contributed by atoms with van der Waals surface area (Å²) >= 11 is 0. The van der Waals surface area contributed by atoms with E-state index in [-0.39, 0.29) is 0 Å². The molecule has 1 N–H and O–H groups in total. The number of nitrogens with one attached hydrogen (secondary N) is 1. The third-order valence-corrected chi connectivity index (χ3v) is 2.87. The molecule has 84 valence electrons. The lowest BCUT2D eigenvalue weighted by Gasteiger charge is -2.23. The average Bonchev–Trinajstić information content (AvgIpc) is 2.68. The highest BCUT2D eigenvalue weighted by molar-refractivity contribution is 4.98. The number of ether oxygens (including phenoxy) is 1. The lowest BCUT2D eigenvalue weighted by Crippen LogP contribution is -2.23. The van der Waals surface area contributed by atoms with Gasteiger partial charge in [-0.3, -0.25) is 0 Å². The van der Waals surface area contributed by atoms with Gasteiger partial charge in [0.2, 0.25) is 0 Å². The van der Waals surface area contributed by atoms with Crippen molar-refractivity contribution in [2.24, 2.45) is 5.92 Å². The number of imidazole rings is 1. The van der Waals surface area contributed by atoms with Crippen molar-refractivity contribution in [2.45, 2.75) is 25.9 Å². The quantitative estimate of drug-likeness (QED) is 0.805. The molecule has 1 aliphatic heterocycles. The molecule has 0 radical (unpaired) electrons. The SMILES string of the molecule is CNCc1cncn1CC1CCCOC1. The highest BCUT2D eigenvalue weighted by Gasteiger charge is 2.15. The van der Waals surface area contributed by atoms with Crippen molar-refractivity contribution in [3.63, 3.8) is 0 Å². The molecule has 4 heteroatoms. The summed E-state index contributed by atoms with van der Waals surface area (Å²) in [4.78, 5) is 4.19. The van der Waals surface area contributed by atoms with Gasteiger partial charge in [0.15, 0.2) is 0 Å². The molecule has 1 saturated heterocycles. The summed E-state index contributed by atoms with van der Waals surface area (Å²) in [5.74, 6) is 0.656. The summed E-state index contributed by atoms with van der Waals surface area (Å²) in [5, 5.41) is 3.16. The third kappa shape index (κ3) is 2.79. The van der Waals surface area contributed by atoms with Gasteiger partial charge in [0.1, 0.15) is 0 Å². The van der Waals surface area contributed by atoms with Gasteiger partial charge < -0.3 is 14.6 Å². The first-order chi connectivity index (χ1) is 7.40. The molecule has 4 nitrogen and oxygen atoms in total. The molecule has 1 aromatic heterocycles. The molecule has 1 aromatic rings. The van der Waals surface area contributed by atoms with Crippen LogP contribution >= 0.6 is 0 Å². The van der Waals surface area contributed by atoms with Crippen LogP contribution in [0.25, 0.3) is 0 Å². The Morgan fingerprint density at radius 3 is 3.33 bits per heavy atom. The van der Waals surface area contributed by atoms with Crippen molar-refractivity contribution in [3.8, 4) is 0 Å². The van der Waals surface area contributed by atoms with Crippen molar-refractivity contribution >= 4 is 0 Å². The van der Waals surface area contributed by atoms with Crippen molar-refractivity contribution in [3.05, 3.63) is 18.2 Å². The third-order valence-electron chi connectivity index (χ3n) is 2.87. The normalized spacial score (nSPS) is 21.8. The Kier molecular flexibility index (Phi) is 3.75. The van der Waals surface area contributed by atoms with Crippen molar-refractivity contribution in [1.82, 2.24) is 14.9 Å². The maximum atomic E-state index is 5.48. The minimum atomic E-state index is 0.656. The minimum Gasteiger partial charge on any atom is -0.381 e. The first kappa shape index (κ1) is 10.6. The number of hydrogen-bond donors (Lipinski definition) is 1. The molecular formula is C11H19N3O. The van der Waals surface area contributed by atoms with E-state index in [9.17, 15) is 0 Å². The van der Waals surface area contributed by atoms with E-state index < -0.39 is 0 Å². The Morgan fingerprint density at radius 2 is 2.60 bits per heavy atom. The summed E-state index contributed by atoms with van der Waals surface area (Å²) in [5.41, 5.74) is 1.25. The molecule has 2 heterocycles. The summed E-state index contributed by atoms with van der Waals surface area (Å²) < 4.78 is 7.71. The van der Waals surface area contributed by atoms with Crippen LogP contribution in [-0.4, -0.2) is 29.8 Å². The zero-order chi connectivity index (χ0) is 10.5. The van der Waals surface area contributed by atoms with E-state index in [1.54, 1.807) is 0 Å². The molecule has 0 aromatic carbocycles. The second-order valence-corrected chi connectivity index (χ2v) is 4.15. The predicted molar refractivity (Wildman–Crippen MR) is 58.5 cm³/mol.